The molecule has 0 aromatic heterocycles. The van der Waals surface area contributed by atoms with E-state index in [2.05, 4.69) is 11.4 Å². The molecule has 1 saturated carbocycles. The summed E-state index contributed by atoms with van der Waals surface area (Å²) in [7, 11) is 0. The summed E-state index contributed by atoms with van der Waals surface area (Å²) in [5, 5.41) is 12.2. The maximum absolute atomic E-state index is 12.3. The van der Waals surface area contributed by atoms with Crippen molar-refractivity contribution in [2.45, 2.75) is 57.6 Å². The Morgan fingerprint density at radius 1 is 1.30 bits per heavy atom. The third-order valence-electron chi connectivity index (χ3n) is 4.19. The first-order valence-corrected chi connectivity index (χ1v) is 7.97. The molecule has 5 heteroatoms. The molecule has 1 aromatic rings. The van der Waals surface area contributed by atoms with Gasteiger partial charge in [0.1, 0.15) is 5.54 Å². The van der Waals surface area contributed by atoms with E-state index in [0.29, 0.717) is 18.4 Å². The lowest BCUT2D eigenvalue weighted by Gasteiger charge is -2.32. The number of carbonyl (C=O) groups excluding carboxylic acids is 2. The Kier molecular flexibility index (Phi) is 5.38. The number of ether oxygens (including phenoxy) is 1. The second kappa shape index (κ2) is 7.28. The minimum Gasteiger partial charge on any atom is -0.449 e. The minimum atomic E-state index is -0.935. The van der Waals surface area contributed by atoms with Crippen LogP contribution in [0.25, 0.3) is 0 Å². The van der Waals surface area contributed by atoms with Crippen molar-refractivity contribution in [3.05, 3.63) is 35.4 Å². The molecule has 1 atom stereocenters. The van der Waals surface area contributed by atoms with Gasteiger partial charge in [0.05, 0.1) is 11.6 Å². The van der Waals surface area contributed by atoms with Crippen molar-refractivity contribution in [2.75, 3.05) is 0 Å². The van der Waals surface area contributed by atoms with Gasteiger partial charge < -0.3 is 10.1 Å². The minimum absolute atomic E-state index is 0.414. The number of rotatable bonds is 4. The van der Waals surface area contributed by atoms with Crippen LogP contribution in [0.5, 0.6) is 0 Å². The molecule has 23 heavy (non-hydrogen) atoms. The molecule has 1 aliphatic rings. The Morgan fingerprint density at radius 3 is 2.61 bits per heavy atom. The first kappa shape index (κ1) is 17.0. The standard InChI is InChI=1S/C18H22N2O3/c1-13-7-6-8-15(11-13)17(22)23-14(2)16(21)20-18(12-19)9-4-3-5-10-18/h6-8,11,14H,3-5,9-10H2,1-2H3,(H,20,21). The quantitative estimate of drug-likeness (QED) is 0.867. The van der Waals surface area contributed by atoms with Gasteiger partial charge in [0.2, 0.25) is 0 Å². The van der Waals surface area contributed by atoms with E-state index in [1.165, 1.54) is 6.92 Å². The highest BCUT2D eigenvalue weighted by Crippen LogP contribution is 2.27. The lowest BCUT2D eigenvalue weighted by atomic mass is 9.83. The average molecular weight is 314 g/mol. The number of hydrogen-bond acceptors (Lipinski definition) is 4. The van der Waals surface area contributed by atoms with E-state index < -0.39 is 23.5 Å². The Balaban J connectivity index is 1.97. The maximum atomic E-state index is 12.3. The SMILES string of the molecule is Cc1cccc(C(=O)OC(C)C(=O)NC2(C#N)CCCCC2)c1. The fraction of sp³-hybridized carbons (Fsp3) is 0.500. The lowest BCUT2D eigenvalue weighted by Crippen LogP contribution is -2.52. The Bertz CT molecular complexity index is 627. The number of carbonyl (C=O) groups is 2. The summed E-state index contributed by atoms with van der Waals surface area (Å²) in [6.07, 6.45) is 3.28. The third-order valence-corrected chi connectivity index (χ3v) is 4.19. The van der Waals surface area contributed by atoms with Gasteiger partial charge in [-0.05, 0) is 38.8 Å². The van der Waals surface area contributed by atoms with E-state index in [4.69, 9.17) is 4.74 Å². The topological polar surface area (TPSA) is 79.2 Å². The summed E-state index contributed by atoms with van der Waals surface area (Å²) >= 11 is 0. The predicted molar refractivity (Wildman–Crippen MR) is 85.6 cm³/mol. The first-order valence-electron chi connectivity index (χ1n) is 7.97. The van der Waals surface area contributed by atoms with Crippen molar-refractivity contribution in [1.29, 1.82) is 5.26 Å². The van der Waals surface area contributed by atoms with Crippen molar-refractivity contribution in [1.82, 2.24) is 5.32 Å². The van der Waals surface area contributed by atoms with Gasteiger partial charge in [-0.2, -0.15) is 5.26 Å². The van der Waals surface area contributed by atoms with Crippen LogP contribution in [-0.4, -0.2) is 23.5 Å². The van der Waals surface area contributed by atoms with Gasteiger partial charge in [-0.15, -0.1) is 0 Å². The monoisotopic (exact) mass is 314 g/mol. The molecular formula is C18H22N2O3. The van der Waals surface area contributed by atoms with E-state index in [0.717, 1.165) is 24.8 Å². The van der Waals surface area contributed by atoms with E-state index in [1.807, 2.05) is 13.0 Å². The first-order chi connectivity index (χ1) is 11.0. The van der Waals surface area contributed by atoms with Crippen LogP contribution in [0.15, 0.2) is 24.3 Å². The van der Waals surface area contributed by atoms with Gasteiger partial charge in [0.15, 0.2) is 6.10 Å². The zero-order valence-electron chi connectivity index (χ0n) is 13.6. The molecule has 0 bridgehead atoms. The van der Waals surface area contributed by atoms with Crippen LogP contribution < -0.4 is 5.32 Å². The maximum Gasteiger partial charge on any atom is 0.338 e. The third kappa shape index (κ3) is 4.32. The highest BCUT2D eigenvalue weighted by molar-refractivity contribution is 5.92. The molecule has 1 fully saturated rings. The smallest absolute Gasteiger partial charge is 0.338 e. The van der Waals surface area contributed by atoms with Crippen molar-refractivity contribution in [2.24, 2.45) is 0 Å². The second-order valence-corrected chi connectivity index (χ2v) is 6.16. The van der Waals surface area contributed by atoms with Crippen LogP contribution in [-0.2, 0) is 9.53 Å². The molecule has 5 nitrogen and oxygen atoms in total. The fourth-order valence-corrected chi connectivity index (χ4v) is 2.81. The highest BCUT2D eigenvalue weighted by atomic mass is 16.5. The summed E-state index contributed by atoms with van der Waals surface area (Å²) in [4.78, 5) is 24.4. The van der Waals surface area contributed by atoms with Gasteiger partial charge in [0.25, 0.3) is 5.91 Å². The van der Waals surface area contributed by atoms with Crippen molar-refractivity contribution < 1.29 is 14.3 Å². The summed E-state index contributed by atoms with van der Waals surface area (Å²) < 4.78 is 5.22. The zero-order valence-corrected chi connectivity index (χ0v) is 13.6. The van der Waals surface area contributed by atoms with Gasteiger partial charge in [0, 0.05) is 0 Å². The average Bonchev–Trinajstić information content (AvgIpc) is 2.55. The van der Waals surface area contributed by atoms with Gasteiger partial charge in [-0.1, -0.05) is 37.0 Å². The van der Waals surface area contributed by atoms with E-state index in [1.54, 1.807) is 18.2 Å². The number of nitrogens with one attached hydrogen (secondary N) is 1. The summed E-state index contributed by atoms with van der Waals surface area (Å²) in [6.45, 7) is 3.41. The molecule has 2 rings (SSSR count). The van der Waals surface area contributed by atoms with Crippen molar-refractivity contribution >= 4 is 11.9 Å². The molecule has 0 saturated heterocycles. The van der Waals surface area contributed by atoms with Crippen LogP contribution in [0.2, 0.25) is 0 Å². The molecule has 1 amide bonds. The Morgan fingerprint density at radius 2 is 2.00 bits per heavy atom. The summed E-state index contributed by atoms with van der Waals surface area (Å²) in [5.41, 5.74) is 0.541. The van der Waals surface area contributed by atoms with Crippen LogP contribution in [0.1, 0.15) is 54.9 Å². The molecule has 0 heterocycles. The Labute approximate surface area is 136 Å². The number of amides is 1. The lowest BCUT2D eigenvalue weighted by molar-refractivity contribution is -0.130. The van der Waals surface area contributed by atoms with Gasteiger partial charge in [-0.3, -0.25) is 4.79 Å². The normalized spacial score (nSPS) is 17.6. The molecule has 1 N–H and O–H groups in total. The molecule has 0 spiro atoms. The number of aryl methyl sites for hydroxylation is 1. The van der Waals surface area contributed by atoms with E-state index >= 15 is 0 Å². The molecule has 1 aromatic carbocycles. The molecule has 1 aliphatic carbocycles. The largest absolute Gasteiger partial charge is 0.449 e. The van der Waals surface area contributed by atoms with Gasteiger partial charge in [-0.25, -0.2) is 4.79 Å². The predicted octanol–water partition coefficient (Wildman–Crippen LogP) is 2.88. The second-order valence-electron chi connectivity index (χ2n) is 6.16. The van der Waals surface area contributed by atoms with Crippen molar-refractivity contribution in [3.63, 3.8) is 0 Å². The molecular weight excluding hydrogens is 292 g/mol. The number of nitrogens with zero attached hydrogens (tertiary/aromatic N) is 1. The number of esters is 1. The van der Waals surface area contributed by atoms with Crippen LogP contribution in [0.3, 0.4) is 0 Å². The summed E-state index contributed by atoms with van der Waals surface area (Å²) in [5.74, 6) is -0.958. The number of nitriles is 1. The van der Waals surface area contributed by atoms with Gasteiger partial charge >= 0.3 is 5.97 Å². The fourth-order valence-electron chi connectivity index (χ4n) is 2.81. The van der Waals surface area contributed by atoms with Crippen LogP contribution >= 0.6 is 0 Å². The zero-order chi connectivity index (χ0) is 16.9. The van der Waals surface area contributed by atoms with E-state index in [9.17, 15) is 14.9 Å². The van der Waals surface area contributed by atoms with Crippen LogP contribution in [0.4, 0.5) is 0 Å². The Hall–Kier alpha value is -2.35. The number of benzene rings is 1. The molecule has 1 unspecified atom stereocenters. The molecule has 0 aliphatic heterocycles. The molecule has 0 radical (unpaired) electrons. The van der Waals surface area contributed by atoms with E-state index in [-0.39, 0.29) is 0 Å². The van der Waals surface area contributed by atoms with Crippen molar-refractivity contribution in [3.8, 4) is 6.07 Å². The molecule has 122 valence electrons. The van der Waals surface area contributed by atoms with Crippen LogP contribution in [0, 0.1) is 18.3 Å². The summed E-state index contributed by atoms with van der Waals surface area (Å²) in [6, 6.07) is 9.24. The highest BCUT2D eigenvalue weighted by Gasteiger charge is 2.35. The number of hydrogen-bond donors (Lipinski definition) is 1.